The van der Waals surface area contributed by atoms with E-state index in [0.29, 0.717) is 0 Å². The molecule has 0 bridgehead atoms. The van der Waals surface area contributed by atoms with Crippen LogP contribution in [0.5, 0.6) is 11.5 Å². The minimum absolute atomic E-state index is 0.831. The Bertz CT molecular complexity index is 3020. The smallest absolute Gasteiger partial charge is 0.152 e. The Hall–Kier alpha value is -7.56. The first-order valence-corrected chi connectivity index (χ1v) is 19.0. The van der Waals surface area contributed by atoms with Crippen LogP contribution < -0.4 is 14.5 Å². The van der Waals surface area contributed by atoms with E-state index in [0.717, 1.165) is 68.0 Å². The normalized spacial score (nSPS) is 12.0. The van der Waals surface area contributed by atoms with Crippen molar-refractivity contribution in [1.29, 1.82) is 0 Å². The molecule has 4 nitrogen and oxygen atoms in total. The Morgan fingerprint density at radius 1 is 0.357 bits per heavy atom. The molecule has 0 amide bonds. The Kier molecular flexibility index (Phi) is 7.46. The average Bonchev–Trinajstić information content (AvgIpc) is 3.60. The monoisotopic (exact) mass is 717 g/mol. The maximum absolute atomic E-state index is 6.63. The first-order valence-electron chi connectivity index (χ1n) is 19.0. The molecule has 1 aliphatic heterocycles. The molecule has 0 saturated carbocycles. The number of aromatic nitrogens is 1. The molecule has 11 rings (SSSR count). The first-order chi connectivity index (χ1) is 27.8. The van der Waals surface area contributed by atoms with Gasteiger partial charge in [-0.3, -0.25) is 0 Å². The van der Waals surface area contributed by atoms with E-state index in [1.807, 2.05) is 12.1 Å². The highest BCUT2D eigenvalue weighted by Crippen LogP contribution is 2.51. The van der Waals surface area contributed by atoms with E-state index >= 15 is 0 Å². The van der Waals surface area contributed by atoms with Gasteiger partial charge in [-0.15, -0.1) is 0 Å². The summed E-state index contributed by atoms with van der Waals surface area (Å²) in [5.74, 6) is 1.67. The van der Waals surface area contributed by atoms with Gasteiger partial charge < -0.3 is 19.1 Å². The fourth-order valence-corrected chi connectivity index (χ4v) is 8.31. The largest absolute Gasteiger partial charge is 0.453 e. The molecule has 9 aromatic carbocycles. The van der Waals surface area contributed by atoms with Crippen LogP contribution in [0.2, 0.25) is 0 Å². The molecule has 0 radical (unpaired) electrons. The van der Waals surface area contributed by atoms with E-state index in [1.54, 1.807) is 0 Å². The number of ether oxygens (including phenoxy) is 1. The Morgan fingerprint density at radius 2 is 0.946 bits per heavy atom. The molecule has 0 unspecified atom stereocenters. The summed E-state index contributed by atoms with van der Waals surface area (Å²) in [6, 6.07) is 75.5. The van der Waals surface area contributed by atoms with Crippen LogP contribution >= 0.6 is 0 Å². The summed E-state index contributed by atoms with van der Waals surface area (Å²) in [6.45, 7) is 0. The van der Waals surface area contributed by atoms with Crippen LogP contribution in [0.1, 0.15) is 0 Å². The molecule has 0 atom stereocenters. The molecule has 2 heterocycles. The fraction of sp³-hybridized carbons (Fsp3) is 0. The maximum Gasteiger partial charge on any atom is 0.152 e. The Morgan fingerprint density at radius 3 is 1.75 bits per heavy atom. The van der Waals surface area contributed by atoms with E-state index in [-0.39, 0.29) is 0 Å². The predicted molar refractivity (Wildman–Crippen MR) is 233 cm³/mol. The van der Waals surface area contributed by atoms with Gasteiger partial charge in [0.25, 0.3) is 0 Å². The number of benzene rings is 9. The second kappa shape index (κ2) is 13.1. The highest BCUT2D eigenvalue weighted by atomic mass is 16.5. The van der Waals surface area contributed by atoms with Crippen molar-refractivity contribution in [3.8, 4) is 28.3 Å². The molecule has 0 fully saturated rings. The SMILES string of the molecule is c1ccc(N(c2ccccc2)c2ccc(-n3c4ccccc4c4cc(-c5ccc6c(c5)Oc5ccccc5N6c5ccc6ccccc6c5)ccc43)cc2)cc1. The van der Waals surface area contributed by atoms with Gasteiger partial charge in [-0.1, -0.05) is 109 Å². The number of hydrogen-bond acceptors (Lipinski definition) is 3. The van der Waals surface area contributed by atoms with Gasteiger partial charge in [0, 0.05) is 39.2 Å². The summed E-state index contributed by atoms with van der Waals surface area (Å²) < 4.78 is 9.01. The number of hydrogen-bond donors (Lipinski definition) is 0. The van der Waals surface area contributed by atoms with E-state index in [9.17, 15) is 0 Å². The van der Waals surface area contributed by atoms with Crippen molar-refractivity contribution < 1.29 is 4.74 Å². The van der Waals surface area contributed by atoms with Crippen molar-refractivity contribution in [3.05, 3.63) is 212 Å². The van der Waals surface area contributed by atoms with E-state index in [4.69, 9.17) is 4.74 Å². The quantitative estimate of drug-likeness (QED) is 0.171. The van der Waals surface area contributed by atoms with Crippen molar-refractivity contribution in [1.82, 2.24) is 4.57 Å². The molecular weight excluding hydrogens is 683 g/mol. The minimum Gasteiger partial charge on any atom is -0.453 e. The molecule has 0 aliphatic carbocycles. The molecule has 0 saturated heterocycles. The van der Waals surface area contributed by atoms with Gasteiger partial charge in [0.1, 0.15) is 0 Å². The summed E-state index contributed by atoms with van der Waals surface area (Å²) in [5.41, 5.74) is 12.2. The van der Waals surface area contributed by atoms with Gasteiger partial charge in [0.2, 0.25) is 0 Å². The van der Waals surface area contributed by atoms with Crippen LogP contribution in [0.3, 0.4) is 0 Å². The van der Waals surface area contributed by atoms with Crippen LogP contribution in [-0.2, 0) is 0 Å². The van der Waals surface area contributed by atoms with Gasteiger partial charge in [-0.25, -0.2) is 0 Å². The second-order valence-electron chi connectivity index (χ2n) is 14.2. The second-order valence-corrected chi connectivity index (χ2v) is 14.2. The van der Waals surface area contributed by atoms with Crippen LogP contribution in [0.25, 0.3) is 49.4 Å². The standard InChI is InChI=1S/C52H35N3O/c1-3-15-40(16-4-1)53(41-17-5-2-6-18-41)42-27-29-43(30-28-42)54-47-20-10-9-19-45(47)46-34-38(24-31-48(46)54)39-25-32-50-52(35-39)56-51-22-12-11-21-49(51)55(50)44-26-23-36-13-7-8-14-37(36)33-44/h1-35H. The molecule has 56 heavy (non-hydrogen) atoms. The van der Waals surface area contributed by atoms with Crippen molar-refractivity contribution in [2.45, 2.75) is 0 Å². The lowest BCUT2D eigenvalue weighted by Gasteiger charge is -2.33. The number of para-hydroxylation sites is 5. The van der Waals surface area contributed by atoms with Crippen LogP contribution in [-0.4, -0.2) is 4.57 Å². The molecule has 1 aliphatic rings. The predicted octanol–water partition coefficient (Wildman–Crippen LogP) is 14.6. The molecule has 0 spiro atoms. The van der Waals surface area contributed by atoms with Crippen molar-refractivity contribution in [3.63, 3.8) is 0 Å². The lowest BCUT2D eigenvalue weighted by Crippen LogP contribution is -2.15. The lowest BCUT2D eigenvalue weighted by molar-refractivity contribution is 0.477. The van der Waals surface area contributed by atoms with Crippen molar-refractivity contribution >= 4 is 66.7 Å². The van der Waals surface area contributed by atoms with Gasteiger partial charge in [0.15, 0.2) is 11.5 Å². The number of nitrogens with zero attached hydrogens (tertiary/aromatic N) is 3. The average molecular weight is 718 g/mol. The van der Waals surface area contributed by atoms with Crippen molar-refractivity contribution in [2.75, 3.05) is 9.80 Å². The molecule has 4 heteroatoms. The minimum atomic E-state index is 0.831. The van der Waals surface area contributed by atoms with Gasteiger partial charge in [-0.05, 0) is 125 Å². The van der Waals surface area contributed by atoms with E-state index < -0.39 is 0 Å². The molecular formula is C52H35N3O. The van der Waals surface area contributed by atoms with Crippen LogP contribution in [0.4, 0.5) is 34.1 Å². The van der Waals surface area contributed by atoms with Gasteiger partial charge in [-0.2, -0.15) is 0 Å². The zero-order valence-electron chi connectivity index (χ0n) is 30.5. The van der Waals surface area contributed by atoms with Gasteiger partial charge >= 0.3 is 0 Å². The first kappa shape index (κ1) is 31.9. The summed E-state index contributed by atoms with van der Waals surface area (Å²) in [4.78, 5) is 4.61. The summed E-state index contributed by atoms with van der Waals surface area (Å²) in [6.07, 6.45) is 0. The van der Waals surface area contributed by atoms with Gasteiger partial charge in [0.05, 0.1) is 22.4 Å². The zero-order valence-corrected chi connectivity index (χ0v) is 30.5. The highest BCUT2D eigenvalue weighted by Gasteiger charge is 2.26. The zero-order chi connectivity index (χ0) is 37.0. The lowest BCUT2D eigenvalue weighted by atomic mass is 10.0. The number of anilines is 6. The third-order valence-electron chi connectivity index (χ3n) is 10.9. The Labute approximate surface area is 325 Å². The van der Waals surface area contributed by atoms with Crippen LogP contribution in [0, 0.1) is 0 Å². The maximum atomic E-state index is 6.63. The molecule has 264 valence electrons. The fourth-order valence-electron chi connectivity index (χ4n) is 8.31. The third-order valence-corrected chi connectivity index (χ3v) is 10.9. The number of rotatable bonds is 6. The number of fused-ring (bicyclic) bond motifs is 6. The summed E-state index contributed by atoms with van der Waals surface area (Å²) >= 11 is 0. The summed E-state index contributed by atoms with van der Waals surface area (Å²) in [5, 5.41) is 4.85. The highest BCUT2D eigenvalue weighted by molar-refractivity contribution is 6.10. The van der Waals surface area contributed by atoms with Crippen molar-refractivity contribution in [2.24, 2.45) is 0 Å². The Balaban J connectivity index is 0.989. The van der Waals surface area contributed by atoms with Crippen LogP contribution in [0.15, 0.2) is 212 Å². The topological polar surface area (TPSA) is 20.6 Å². The third kappa shape index (κ3) is 5.31. The molecule has 1 aromatic heterocycles. The summed E-state index contributed by atoms with van der Waals surface area (Å²) in [7, 11) is 0. The molecule has 10 aromatic rings. The molecule has 0 N–H and O–H groups in total. The van der Waals surface area contributed by atoms with E-state index in [2.05, 4.69) is 215 Å². The van der Waals surface area contributed by atoms with E-state index in [1.165, 1.54) is 27.1 Å².